The average Bonchev–Trinajstić information content (AvgIpc) is 3.46. The molecule has 1 saturated heterocycles. The van der Waals surface area contributed by atoms with Crippen molar-refractivity contribution in [2.24, 2.45) is 0 Å². The van der Waals surface area contributed by atoms with Gasteiger partial charge in [-0.25, -0.2) is 9.50 Å². The smallest absolute Gasteiger partial charge is 0.258 e. The van der Waals surface area contributed by atoms with Gasteiger partial charge in [0.2, 0.25) is 5.91 Å². The number of aromatic nitrogens is 5. The molecule has 0 N–H and O–H groups in total. The number of amides is 2. The molecule has 4 aromatic rings. The molecule has 9 nitrogen and oxygen atoms in total. The first kappa shape index (κ1) is 21.1. The lowest BCUT2D eigenvalue weighted by atomic mass is 9.98. The zero-order valence-corrected chi connectivity index (χ0v) is 18.9. The van der Waals surface area contributed by atoms with Crippen LogP contribution in [0.2, 0.25) is 0 Å². The molecule has 2 amide bonds. The second kappa shape index (κ2) is 8.65. The van der Waals surface area contributed by atoms with E-state index < -0.39 is 0 Å². The standard InChI is InChI=1S/C24H27N7O2/c1-28(2)24(33)18-16-27-31-21(10-12-25-23(18)31)20-9-5-6-13-29(20)22(32)11-14-30-19-8-4-3-7-17(19)15-26-30/h3-4,7-8,10,12,15-16,20H,5-6,9,11,13-14H2,1-2H3/t20-/m0/s1. The van der Waals surface area contributed by atoms with Crippen molar-refractivity contribution in [1.29, 1.82) is 0 Å². The fourth-order valence-electron chi connectivity index (χ4n) is 4.64. The average molecular weight is 446 g/mol. The van der Waals surface area contributed by atoms with Crippen LogP contribution in [0.25, 0.3) is 16.6 Å². The highest BCUT2D eigenvalue weighted by atomic mass is 16.2. The molecule has 4 heterocycles. The number of benzene rings is 1. The molecule has 33 heavy (non-hydrogen) atoms. The monoisotopic (exact) mass is 445 g/mol. The zero-order chi connectivity index (χ0) is 22.9. The second-order valence-electron chi connectivity index (χ2n) is 8.64. The van der Waals surface area contributed by atoms with E-state index in [1.54, 1.807) is 31.0 Å². The predicted molar refractivity (Wildman–Crippen MR) is 124 cm³/mol. The van der Waals surface area contributed by atoms with Crippen molar-refractivity contribution in [3.05, 3.63) is 60.2 Å². The summed E-state index contributed by atoms with van der Waals surface area (Å²) >= 11 is 0. The fraction of sp³-hybridized carbons (Fsp3) is 0.375. The van der Waals surface area contributed by atoms with Crippen molar-refractivity contribution in [2.45, 2.75) is 38.3 Å². The van der Waals surface area contributed by atoms with Gasteiger partial charge < -0.3 is 9.80 Å². The normalized spacial score (nSPS) is 16.4. The van der Waals surface area contributed by atoms with Gasteiger partial charge in [-0.2, -0.15) is 10.2 Å². The largest absolute Gasteiger partial charge is 0.345 e. The van der Waals surface area contributed by atoms with Crippen LogP contribution in [-0.2, 0) is 11.3 Å². The van der Waals surface area contributed by atoms with Crippen LogP contribution in [0.5, 0.6) is 0 Å². The van der Waals surface area contributed by atoms with Crippen molar-refractivity contribution in [1.82, 2.24) is 34.2 Å². The summed E-state index contributed by atoms with van der Waals surface area (Å²) in [6.07, 6.45) is 8.34. The third-order valence-electron chi connectivity index (χ3n) is 6.32. The summed E-state index contributed by atoms with van der Waals surface area (Å²) in [4.78, 5) is 33.7. The maximum Gasteiger partial charge on any atom is 0.258 e. The summed E-state index contributed by atoms with van der Waals surface area (Å²) in [5.41, 5.74) is 2.90. The van der Waals surface area contributed by atoms with Crippen molar-refractivity contribution < 1.29 is 9.59 Å². The Kier molecular flexibility index (Phi) is 5.53. The van der Waals surface area contributed by atoms with Crippen LogP contribution >= 0.6 is 0 Å². The molecule has 0 radical (unpaired) electrons. The maximum atomic E-state index is 13.3. The van der Waals surface area contributed by atoms with E-state index in [1.165, 1.54) is 4.90 Å². The molecule has 5 rings (SSSR count). The van der Waals surface area contributed by atoms with E-state index in [-0.39, 0.29) is 17.9 Å². The van der Waals surface area contributed by atoms with Crippen molar-refractivity contribution in [3.63, 3.8) is 0 Å². The van der Waals surface area contributed by atoms with E-state index in [0.717, 1.165) is 35.9 Å². The second-order valence-corrected chi connectivity index (χ2v) is 8.64. The molecule has 0 spiro atoms. The Bertz CT molecular complexity index is 1320. The van der Waals surface area contributed by atoms with Crippen molar-refractivity contribution >= 4 is 28.4 Å². The predicted octanol–water partition coefficient (Wildman–Crippen LogP) is 2.92. The number of hydrogen-bond acceptors (Lipinski definition) is 5. The van der Waals surface area contributed by atoms with Gasteiger partial charge in [-0.1, -0.05) is 18.2 Å². The van der Waals surface area contributed by atoms with Gasteiger partial charge in [-0.05, 0) is 31.4 Å². The van der Waals surface area contributed by atoms with E-state index in [9.17, 15) is 9.59 Å². The lowest BCUT2D eigenvalue weighted by Gasteiger charge is -2.36. The first-order valence-corrected chi connectivity index (χ1v) is 11.3. The minimum atomic E-state index is -0.141. The third-order valence-corrected chi connectivity index (χ3v) is 6.32. The first-order chi connectivity index (χ1) is 16.0. The Morgan fingerprint density at radius 2 is 1.94 bits per heavy atom. The van der Waals surface area contributed by atoms with Crippen molar-refractivity contribution in [2.75, 3.05) is 20.6 Å². The molecule has 1 atom stereocenters. The van der Waals surface area contributed by atoms with Crippen LogP contribution in [0, 0.1) is 0 Å². The van der Waals surface area contributed by atoms with E-state index in [1.807, 2.05) is 46.1 Å². The number of rotatable bonds is 5. The molecule has 0 bridgehead atoms. The summed E-state index contributed by atoms with van der Waals surface area (Å²) in [5, 5.41) is 9.99. The number of likely N-dealkylation sites (tertiary alicyclic amines) is 1. The van der Waals surface area contributed by atoms with Crippen LogP contribution < -0.4 is 0 Å². The van der Waals surface area contributed by atoms with Crippen molar-refractivity contribution in [3.8, 4) is 0 Å². The minimum absolute atomic E-state index is 0.0981. The highest BCUT2D eigenvalue weighted by molar-refractivity contribution is 5.99. The molecular weight excluding hydrogens is 418 g/mol. The van der Waals surface area contributed by atoms with Gasteiger partial charge in [0.05, 0.1) is 36.2 Å². The van der Waals surface area contributed by atoms with E-state index in [0.29, 0.717) is 30.7 Å². The summed E-state index contributed by atoms with van der Waals surface area (Å²) in [7, 11) is 3.42. The molecule has 0 aliphatic carbocycles. The Labute approximate surface area is 191 Å². The number of para-hydroxylation sites is 1. The number of aryl methyl sites for hydroxylation is 1. The number of nitrogens with zero attached hydrogens (tertiary/aromatic N) is 7. The van der Waals surface area contributed by atoms with Crippen LogP contribution in [-0.4, -0.2) is 66.6 Å². The Balaban J connectivity index is 1.40. The number of piperidine rings is 1. The lowest BCUT2D eigenvalue weighted by Crippen LogP contribution is -2.39. The third kappa shape index (κ3) is 3.83. The number of carbonyl (C=O) groups is 2. The minimum Gasteiger partial charge on any atom is -0.345 e. The van der Waals surface area contributed by atoms with Gasteiger partial charge in [0.1, 0.15) is 5.56 Å². The molecule has 1 aromatic carbocycles. The molecule has 3 aromatic heterocycles. The summed E-state index contributed by atoms with van der Waals surface area (Å²) in [5.74, 6) is -0.0429. The maximum absolute atomic E-state index is 13.3. The van der Waals surface area contributed by atoms with Gasteiger partial charge in [-0.3, -0.25) is 14.3 Å². The van der Waals surface area contributed by atoms with Gasteiger partial charge in [0.15, 0.2) is 5.65 Å². The van der Waals surface area contributed by atoms with Crippen LogP contribution in [0.3, 0.4) is 0 Å². The number of carbonyl (C=O) groups excluding carboxylic acids is 2. The molecule has 0 unspecified atom stereocenters. The number of hydrogen-bond donors (Lipinski definition) is 0. The van der Waals surface area contributed by atoms with Crippen LogP contribution in [0.4, 0.5) is 0 Å². The molecule has 1 fully saturated rings. The topological polar surface area (TPSA) is 88.6 Å². The zero-order valence-electron chi connectivity index (χ0n) is 18.9. The van der Waals surface area contributed by atoms with Gasteiger partial charge >= 0.3 is 0 Å². The van der Waals surface area contributed by atoms with E-state index >= 15 is 0 Å². The van der Waals surface area contributed by atoms with E-state index in [4.69, 9.17) is 0 Å². The molecule has 9 heteroatoms. The molecule has 0 saturated carbocycles. The molecular formula is C24H27N7O2. The van der Waals surface area contributed by atoms with E-state index in [2.05, 4.69) is 15.2 Å². The highest BCUT2D eigenvalue weighted by Gasteiger charge is 2.30. The Morgan fingerprint density at radius 1 is 1.09 bits per heavy atom. The molecule has 170 valence electrons. The highest BCUT2D eigenvalue weighted by Crippen LogP contribution is 2.32. The van der Waals surface area contributed by atoms with Gasteiger partial charge in [0.25, 0.3) is 5.91 Å². The van der Waals surface area contributed by atoms with Crippen LogP contribution in [0.1, 0.15) is 47.8 Å². The molecule has 1 aliphatic heterocycles. The number of fused-ring (bicyclic) bond motifs is 2. The summed E-state index contributed by atoms with van der Waals surface area (Å²) in [6, 6.07) is 9.82. The Hall–Kier alpha value is -3.75. The Morgan fingerprint density at radius 3 is 2.79 bits per heavy atom. The lowest BCUT2D eigenvalue weighted by molar-refractivity contribution is -0.135. The van der Waals surface area contributed by atoms with Gasteiger partial charge in [-0.15, -0.1) is 0 Å². The quantitative estimate of drug-likeness (QED) is 0.471. The van der Waals surface area contributed by atoms with Crippen LogP contribution in [0.15, 0.2) is 48.9 Å². The van der Waals surface area contributed by atoms with Gasteiger partial charge in [0, 0.05) is 38.6 Å². The first-order valence-electron chi connectivity index (χ1n) is 11.3. The SMILES string of the molecule is CN(C)C(=O)c1cnn2c([C@@H]3CCCCN3C(=O)CCn3ncc4ccccc43)ccnc12. The fourth-order valence-corrected chi connectivity index (χ4v) is 4.64. The molecule has 1 aliphatic rings. The summed E-state index contributed by atoms with van der Waals surface area (Å²) in [6.45, 7) is 1.24. The summed E-state index contributed by atoms with van der Waals surface area (Å²) < 4.78 is 3.61.